The number of nitrogens with one attached hydrogen (secondary N) is 1. The van der Waals surface area contributed by atoms with E-state index in [9.17, 15) is 9.59 Å². The molecule has 0 saturated carbocycles. The van der Waals surface area contributed by atoms with Gasteiger partial charge in [-0.25, -0.2) is 4.98 Å². The Kier molecular flexibility index (Phi) is 4.78. The Balaban J connectivity index is 1.75. The average Bonchev–Trinajstić information content (AvgIpc) is 3.13. The van der Waals surface area contributed by atoms with Gasteiger partial charge in [0.15, 0.2) is 0 Å². The highest BCUT2D eigenvalue weighted by molar-refractivity contribution is 6.47. The molecule has 144 valence electrons. The van der Waals surface area contributed by atoms with Crippen LogP contribution in [-0.2, 0) is 4.79 Å². The summed E-state index contributed by atoms with van der Waals surface area (Å²) in [5.74, 6) is -0.977. The first-order valence-electron chi connectivity index (χ1n) is 8.94. The maximum atomic E-state index is 13.2. The Bertz CT molecular complexity index is 1200. The summed E-state index contributed by atoms with van der Waals surface area (Å²) in [5, 5.41) is 2.60. The van der Waals surface area contributed by atoms with Crippen LogP contribution in [0.1, 0.15) is 16.1 Å². The number of fused-ring (bicyclic) bond motifs is 1. The zero-order valence-corrected chi connectivity index (χ0v) is 15.9. The molecule has 7 nitrogen and oxygen atoms in total. The molecule has 0 bridgehead atoms. The lowest BCUT2D eigenvalue weighted by molar-refractivity contribution is -0.112. The van der Waals surface area contributed by atoms with Gasteiger partial charge >= 0.3 is 0 Å². The molecule has 1 amide bonds. The van der Waals surface area contributed by atoms with Gasteiger partial charge in [0, 0.05) is 41.3 Å². The Hall–Kier alpha value is -4.00. The van der Waals surface area contributed by atoms with Crippen LogP contribution in [0.3, 0.4) is 0 Å². The summed E-state index contributed by atoms with van der Waals surface area (Å²) in [5.41, 5.74) is 3.89. The van der Waals surface area contributed by atoms with Crippen molar-refractivity contribution in [2.45, 2.75) is 6.92 Å². The maximum absolute atomic E-state index is 13.2. The van der Waals surface area contributed by atoms with E-state index in [4.69, 9.17) is 4.74 Å². The molecular weight excluding hydrogens is 368 g/mol. The third kappa shape index (κ3) is 3.58. The third-order valence-electron chi connectivity index (χ3n) is 4.51. The zero-order chi connectivity index (χ0) is 20.4. The number of carbonyl (C=O) groups excluding carboxylic acids is 2. The fraction of sp³-hybridized carbons (Fsp3) is 0.0909. The van der Waals surface area contributed by atoms with Crippen molar-refractivity contribution in [2.24, 2.45) is 0 Å². The molecule has 0 aliphatic carbocycles. The van der Waals surface area contributed by atoms with Gasteiger partial charge in [0.1, 0.15) is 5.69 Å². The molecule has 4 aromatic rings. The predicted molar refractivity (Wildman–Crippen MR) is 109 cm³/mol. The number of rotatable bonds is 5. The van der Waals surface area contributed by atoms with Gasteiger partial charge in [-0.3, -0.25) is 14.6 Å². The van der Waals surface area contributed by atoms with Crippen LogP contribution < -0.4 is 10.1 Å². The number of ketones is 1. The van der Waals surface area contributed by atoms with Crippen molar-refractivity contribution in [1.29, 1.82) is 0 Å². The van der Waals surface area contributed by atoms with E-state index in [-0.39, 0.29) is 5.69 Å². The molecule has 0 aromatic carbocycles. The maximum Gasteiger partial charge on any atom is 0.298 e. The lowest BCUT2D eigenvalue weighted by Gasteiger charge is -2.08. The third-order valence-corrected chi connectivity index (χ3v) is 4.51. The quantitative estimate of drug-likeness (QED) is 0.419. The van der Waals surface area contributed by atoms with Crippen molar-refractivity contribution in [1.82, 2.24) is 14.4 Å². The molecule has 29 heavy (non-hydrogen) atoms. The van der Waals surface area contributed by atoms with Crippen LogP contribution in [0.4, 0.5) is 5.69 Å². The van der Waals surface area contributed by atoms with Crippen molar-refractivity contribution in [3.05, 3.63) is 78.5 Å². The van der Waals surface area contributed by atoms with Crippen LogP contribution in [0.25, 0.3) is 16.6 Å². The second kappa shape index (κ2) is 7.55. The summed E-state index contributed by atoms with van der Waals surface area (Å²) in [4.78, 5) is 34.1. The Morgan fingerprint density at radius 2 is 1.97 bits per heavy atom. The van der Waals surface area contributed by atoms with Gasteiger partial charge in [0.25, 0.3) is 11.7 Å². The molecule has 0 fully saturated rings. The van der Waals surface area contributed by atoms with E-state index in [1.807, 2.05) is 37.4 Å². The lowest BCUT2D eigenvalue weighted by Crippen LogP contribution is -2.24. The van der Waals surface area contributed by atoms with E-state index < -0.39 is 11.7 Å². The van der Waals surface area contributed by atoms with Crippen molar-refractivity contribution in [3.63, 3.8) is 0 Å². The predicted octanol–water partition coefficient (Wildman–Crippen LogP) is 3.53. The number of ether oxygens (including phenoxy) is 1. The molecule has 1 N–H and O–H groups in total. The highest BCUT2D eigenvalue weighted by Gasteiger charge is 2.25. The number of Topliss-reactive ketones (excluding diaryl/α,β-unsaturated/α-hetero) is 1. The summed E-state index contributed by atoms with van der Waals surface area (Å²) in [6.45, 7) is 1.93. The standard InChI is InChI=1S/C22H18N4O3/c1-14-5-7-17-10-18(15-4-3-9-23-11-15)20(26(17)13-14)21(27)22(28)25-16-6-8-19(29-2)24-12-16/h3-13H,1-2H3,(H,25,28). The van der Waals surface area contributed by atoms with Crippen LogP contribution in [0.2, 0.25) is 0 Å². The summed E-state index contributed by atoms with van der Waals surface area (Å²) in [6, 6.07) is 12.6. The summed E-state index contributed by atoms with van der Waals surface area (Å²) >= 11 is 0. The minimum absolute atomic E-state index is 0.288. The van der Waals surface area contributed by atoms with Gasteiger partial charge in [0.05, 0.1) is 19.0 Å². The second-order valence-electron chi connectivity index (χ2n) is 6.52. The molecule has 0 unspecified atom stereocenters. The minimum atomic E-state index is -0.747. The number of aromatic nitrogens is 3. The normalized spacial score (nSPS) is 10.7. The van der Waals surface area contributed by atoms with E-state index in [1.165, 1.54) is 13.3 Å². The molecule has 0 aliphatic rings. The highest BCUT2D eigenvalue weighted by Crippen LogP contribution is 2.28. The van der Waals surface area contributed by atoms with Gasteiger partial charge in [-0.1, -0.05) is 12.1 Å². The Labute approximate surface area is 167 Å². The average molecular weight is 386 g/mol. The molecule has 0 aliphatic heterocycles. The van der Waals surface area contributed by atoms with E-state index in [0.717, 1.165) is 16.6 Å². The monoisotopic (exact) mass is 386 g/mol. The van der Waals surface area contributed by atoms with Crippen molar-refractivity contribution in [3.8, 4) is 17.0 Å². The fourth-order valence-corrected chi connectivity index (χ4v) is 3.12. The topological polar surface area (TPSA) is 85.6 Å². The van der Waals surface area contributed by atoms with E-state index in [1.54, 1.807) is 35.0 Å². The van der Waals surface area contributed by atoms with Gasteiger partial charge in [-0.15, -0.1) is 0 Å². The Morgan fingerprint density at radius 3 is 2.66 bits per heavy atom. The van der Waals surface area contributed by atoms with Crippen molar-refractivity contribution < 1.29 is 14.3 Å². The SMILES string of the molecule is COc1ccc(NC(=O)C(=O)c2c(-c3cccnc3)cc3ccc(C)cn23)cn1. The largest absolute Gasteiger partial charge is 0.481 e. The van der Waals surface area contributed by atoms with Gasteiger partial charge < -0.3 is 14.5 Å². The number of anilines is 1. The van der Waals surface area contributed by atoms with Crippen molar-refractivity contribution >= 4 is 22.9 Å². The zero-order valence-electron chi connectivity index (χ0n) is 15.9. The molecule has 4 heterocycles. The minimum Gasteiger partial charge on any atom is -0.481 e. The summed E-state index contributed by atoms with van der Waals surface area (Å²) < 4.78 is 6.75. The first-order valence-corrected chi connectivity index (χ1v) is 8.94. The molecule has 0 radical (unpaired) electrons. The second-order valence-corrected chi connectivity index (χ2v) is 6.52. The van der Waals surface area contributed by atoms with Gasteiger partial charge in [-0.05, 0) is 36.8 Å². The summed E-state index contributed by atoms with van der Waals surface area (Å²) in [7, 11) is 1.50. The number of aryl methyl sites for hydroxylation is 1. The number of hydrogen-bond acceptors (Lipinski definition) is 5. The van der Waals surface area contributed by atoms with Crippen molar-refractivity contribution in [2.75, 3.05) is 12.4 Å². The molecule has 4 aromatic heterocycles. The molecule has 4 rings (SSSR count). The fourth-order valence-electron chi connectivity index (χ4n) is 3.12. The molecule has 0 saturated heterocycles. The van der Waals surface area contributed by atoms with Crippen LogP contribution >= 0.6 is 0 Å². The van der Waals surface area contributed by atoms with Crippen LogP contribution in [0.5, 0.6) is 5.88 Å². The molecule has 0 atom stereocenters. The molecular formula is C22H18N4O3. The molecule has 7 heteroatoms. The molecule has 0 spiro atoms. The highest BCUT2D eigenvalue weighted by atomic mass is 16.5. The number of hydrogen-bond donors (Lipinski definition) is 1. The number of pyridine rings is 3. The Morgan fingerprint density at radius 1 is 1.10 bits per heavy atom. The van der Waals surface area contributed by atoms with Crippen LogP contribution in [0.15, 0.2) is 67.3 Å². The number of nitrogens with zero attached hydrogens (tertiary/aromatic N) is 3. The van der Waals surface area contributed by atoms with E-state index >= 15 is 0 Å². The number of carbonyl (C=O) groups is 2. The van der Waals surface area contributed by atoms with Crippen LogP contribution in [0, 0.1) is 6.92 Å². The van der Waals surface area contributed by atoms with Crippen LogP contribution in [-0.4, -0.2) is 33.2 Å². The smallest absolute Gasteiger partial charge is 0.298 e. The van der Waals surface area contributed by atoms with Gasteiger partial charge in [0.2, 0.25) is 5.88 Å². The number of methoxy groups -OCH3 is 1. The number of amides is 1. The summed E-state index contributed by atoms with van der Waals surface area (Å²) in [6.07, 6.45) is 6.61. The first kappa shape index (κ1) is 18.4. The first-order chi connectivity index (χ1) is 14.1. The van der Waals surface area contributed by atoms with Gasteiger partial charge in [-0.2, -0.15) is 0 Å². The van der Waals surface area contributed by atoms with E-state index in [0.29, 0.717) is 17.1 Å². The van der Waals surface area contributed by atoms with E-state index in [2.05, 4.69) is 15.3 Å². The lowest BCUT2D eigenvalue weighted by atomic mass is 10.1.